The first-order valence-electron chi connectivity index (χ1n) is 7.00. The third kappa shape index (κ3) is 4.82. The summed E-state index contributed by atoms with van der Waals surface area (Å²) in [4.78, 5) is 0. The molecule has 1 aromatic heterocycles. The average Bonchev–Trinajstić information content (AvgIpc) is 2.88. The van der Waals surface area contributed by atoms with Crippen molar-refractivity contribution in [1.82, 2.24) is 20.3 Å². The van der Waals surface area contributed by atoms with Gasteiger partial charge in [0.1, 0.15) is 5.75 Å². The second-order valence-corrected chi connectivity index (χ2v) is 6.24. The molecule has 5 nitrogen and oxygen atoms in total. The Labute approximate surface area is 133 Å². The van der Waals surface area contributed by atoms with Crippen LogP contribution in [0.5, 0.6) is 5.75 Å². The van der Waals surface area contributed by atoms with E-state index in [1.165, 1.54) is 0 Å². The lowest BCUT2D eigenvalue weighted by atomic mass is 10.2. The summed E-state index contributed by atoms with van der Waals surface area (Å²) in [5, 5.41) is 11.7. The standard InChI is InChI=1S/C15H21BrN4O/c1-11(2)7-17-8-13-10-20(19-18-13)9-12-6-14(21-3)4-5-15(12)16/h4-6,10-11,17H,7-9H2,1-3H3. The number of halogens is 1. The fourth-order valence-corrected chi connectivity index (χ4v) is 2.33. The molecule has 1 heterocycles. The first kappa shape index (κ1) is 16.0. The van der Waals surface area contributed by atoms with E-state index >= 15 is 0 Å². The van der Waals surface area contributed by atoms with E-state index in [-0.39, 0.29) is 0 Å². The Morgan fingerprint density at radius 1 is 1.38 bits per heavy atom. The summed E-state index contributed by atoms with van der Waals surface area (Å²) >= 11 is 3.55. The molecule has 2 aromatic rings. The lowest BCUT2D eigenvalue weighted by molar-refractivity contribution is 0.414. The van der Waals surface area contributed by atoms with Gasteiger partial charge >= 0.3 is 0 Å². The van der Waals surface area contributed by atoms with Crippen LogP contribution in [0.1, 0.15) is 25.1 Å². The highest BCUT2D eigenvalue weighted by molar-refractivity contribution is 9.10. The molecule has 0 fully saturated rings. The SMILES string of the molecule is COc1ccc(Br)c(Cn2cc(CNCC(C)C)nn2)c1. The minimum absolute atomic E-state index is 0.632. The van der Waals surface area contributed by atoms with Crippen LogP contribution in [0.15, 0.2) is 28.9 Å². The number of hydrogen-bond acceptors (Lipinski definition) is 4. The van der Waals surface area contributed by atoms with Crippen LogP contribution in [-0.2, 0) is 13.1 Å². The van der Waals surface area contributed by atoms with Gasteiger partial charge in [0.2, 0.25) is 0 Å². The number of nitrogens with one attached hydrogen (secondary N) is 1. The van der Waals surface area contributed by atoms with Crippen molar-refractivity contribution in [3.63, 3.8) is 0 Å². The average molecular weight is 353 g/mol. The molecular weight excluding hydrogens is 332 g/mol. The molecule has 0 unspecified atom stereocenters. The van der Waals surface area contributed by atoms with E-state index in [1.807, 2.05) is 29.1 Å². The molecule has 2 rings (SSSR count). The van der Waals surface area contributed by atoms with Crippen LogP contribution in [0.3, 0.4) is 0 Å². The van der Waals surface area contributed by atoms with Gasteiger partial charge in [0.05, 0.1) is 25.5 Å². The molecule has 0 atom stereocenters. The van der Waals surface area contributed by atoms with E-state index in [1.54, 1.807) is 7.11 Å². The van der Waals surface area contributed by atoms with Crippen molar-refractivity contribution in [2.24, 2.45) is 5.92 Å². The maximum Gasteiger partial charge on any atom is 0.119 e. The van der Waals surface area contributed by atoms with Gasteiger partial charge in [-0.25, -0.2) is 4.68 Å². The minimum Gasteiger partial charge on any atom is -0.497 e. The number of methoxy groups -OCH3 is 1. The van der Waals surface area contributed by atoms with Crippen LogP contribution in [0.25, 0.3) is 0 Å². The first-order chi connectivity index (χ1) is 10.1. The highest BCUT2D eigenvalue weighted by atomic mass is 79.9. The molecule has 1 N–H and O–H groups in total. The number of hydrogen-bond donors (Lipinski definition) is 1. The first-order valence-corrected chi connectivity index (χ1v) is 7.80. The normalized spacial score (nSPS) is 11.1. The topological polar surface area (TPSA) is 52.0 Å². The molecular formula is C15H21BrN4O. The van der Waals surface area contributed by atoms with E-state index in [0.717, 1.165) is 34.6 Å². The summed E-state index contributed by atoms with van der Waals surface area (Å²) in [7, 11) is 1.67. The molecule has 0 aliphatic carbocycles. The van der Waals surface area contributed by atoms with Crippen LogP contribution in [0, 0.1) is 5.92 Å². The number of nitrogens with zero attached hydrogens (tertiary/aromatic N) is 3. The summed E-state index contributed by atoms with van der Waals surface area (Å²) < 4.78 is 8.13. The zero-order valence-corrected chi connectivity index (χ0v) is 14.2. The highest BCUT2D eigenvalue weighted by Crippen LogP contribution is 2.23. The van der Waals surface area contributed by atoms with Crippen molar-refractivity contribution < 1.29 is 4.74 Å². The van der Waals surface area contributed by atoms with Crippen LogP contribution in [-0.4, -0.2) is 28.6 Å². The summed E-state index contributed by atoms with van der Waals surface area (Å²) in [6.07, 6.45) is 1.97. The van der Waals surface area contributed by atoms with Gasteiger partial charge < -0.3 is 10.1 Å². The van der Waals surface area contributed by atoms with Gasteiger partial charge in [0.15, 0.2) is 0 Å². The fraction of sp³-hybridized carbons (Fsp3) is 0.467. The van der Waals surface area contributed by atoms with Crippen LogP contribution < -0.4 is 10.1 Å². The minimum atomic E-state index is 0.632. The van der Waals surface area contributed by atoms with Crippen LogP contribution >= 0.6 is 15.9 Å². The molecule has 0 aliphatic heterocycles. The Kier molecular flexibility index (Phi) is 5.76. The molecule has 0 spiro atoms. The number of aromatic nitrogens is 3. The molecule has 0 radical (unpaired) electrons. The van der Waals surface area contributed by atoms with Gasteiger partial charge in [0, 0.05) is 11.0 Å². The third-order valence-electron chi connectivity index (χ3n) is 3.03. The number of benzene rings is 1. The summed E-state index contributed by atoms with van der Waals surface area (Å²) in [5.41, 5.74) is 2.07. The Balaban J connectivity index is 1.99. The monoisotopic (exact) mass is 352 g/mol. The molecule has 114 valence electrons. The quantitative estimate of drug-likeness (QED) is 0.832. The van der Waals surface area contributed by atoms with Crippen molar-refractivity contribution in [1.29, 1.82) is 0 Å². The van der Waals surface area contributed by atoms with Gasteiger partial charge in [-0.1, -0.05) is 35.0 Å². The zero-order valence-electron chi connectivity index (χ0n) is 12.6. The maximum atomic E-state index is 5.25. The van der Waals surface area contributed by atoms with E-state index < -0.39 is 0 Å². The second-order valence-electron chi connectivity index (χ2n) is 5.39. The summed E-state index contributed by atoms with van der Waals surface area (Å²) in [6.45, 7) is 6.76. The predicted octanol–water partition coefficient (Wildman–Crippen LogP) is 2.84. The smallest absolute Gasteiger partial charge is 0.119 e. The fourth-order valence-electron chi connectivity index (χ4n) is 1.96. The van der Waals surface area contributed by atoms with E-state index in [2.05, 4.69) is 45.4 Å². The number of rotatable bonds is 7. The second kappa shape index (κ2) is 7.56. The van der Waals surface area contributed by atoms with E-state index in [0.29, 0.717) is 12.5 Å². The van der Waals surface area contributed by atoms with Gasteiger partial charge in [0.25, 0.3) is 0 Å². The third-order valence-corrected chi connectivity index (χ3v) is 3.80. The lowest BCUT2D eigenvalue weighted by Crippen LogP contribution is -2.19. The van der Waals surface area contributed by atoms with Crippen LogP contribution in [0.4, 0.5) is 0 Å². The highest BCUT2D eigenvalue weighted by Gasteiger charge is 2.06. The van der Waals surface area contributed by atoms with Gasteiger partial charge in [-0.3, -0.25) is 0 Å². The Morgan fingerprint density at radius 2 is 2.19 bits per heavy atom. The van der Waals surface area contributed by atoms with Gasteiger partial charge in [-0.2, -0.15) is 0 Å². The van der Waals surface area contributed by atoms with E-state index in [4.69, 9.17) is 4.74 Å². The predicted molar refractivity (Wildman–Crippen MR) is 86.4 cm³/mol. The Morgan fingerprint density at radius 3 is 2.90 bits per heavy atom. The van der Waals surface area contributed by atoms with Gasteiger partial charge in [-0.05, 0) is 36.2 Å². The van der Waals surface area contributed by atoms with Crippen molar-refractivity contribution in [2.75, 3.05) is 13.7 Å². The lowest BCUT2D eigenvalue weighted by Gasteiger charge is -2.07. The number of ether oxygens (including phenoxy) is 1. The van der Waals surface area contributed by atoms with Gasteiger partial charge in [-0.15, -0.1) is 5.10 Å². The maximum absolute atomic E-state index is 5.25. The Hall–Kier alpha value is -1.40. The molecule has 0 aliphatic rings. The molecule has 0 saturated heterocycles. The Bertz CT molecular complexity index is 583. The summed E-state index contributed by atoms with van der Waals surface area (Å²) in [6, 6.07) is 5.91. The molecule has 0 bridgehead atoms. The van der Waals surface area contributed by atoms with Crippen molar-refractivity contribution >= 4 is 15.9 Å². The molecule has 0 saturated carbocycles. The van der Waals surface area contributed by atoms with Crippen LogP contribution in [0.2, 0.25) is 0 Å². The zero-order chi connectivity index (χ0) is 15.2. The largest absolute Gasteiger partial charge is 0.497 e. The van der Waals surface area contributed by atoms with Crippen molar-refractivity contribution in [2.45, 2.75) is 26.9 Å². The molecule has 1 aromatic carbocycles. The van der Waals surface area contributed by atoms with E-state index in [9.17, 15) is 0 Å². The molecule has 0 amide bonds. The van der Waals surface area contributed by atoms with Crippen molar-refractivity contribution in [3.05, 3.63) is 40.1 Å². The molecule has 6 heteroatoms. The molecule has 21 heavy (non-hydrogen) atoms. The van der Waals surface area contributed by atoms with Crippen molar-refractivity contribution in [3.8, 4) is 5.75 Å². The summed E-state index contributed by atoms with van der Waals surface area (Å²) in [5.74, 6) is 1.47.